The average Bonchev–Trinajstić information content (AvgIpc) is 3.20. The van der Waals surface area contributed by atoms with E-state index in [4.69, 9.17) is 0 Å². The number of likely N-dealkylation sites (tertiary alicyclic amines) is 1. The number of piperazine rings is 1. The Bertz CT molecular complexity index is 677. The molecule has 0 unspecified atom stereocenters. The molecular weight excluding hydrogens is 340 g/mol. The summed E-state index contributed by atoms with van der Waals surface area (Å²) in [5.41, 5.74) is 3.25. The first kappa shape index (κ1) is 19.8. The Morgan fingerprint density at radius 3 is 2.30 bits per heavy atom. The number of nitrogens with one attached hydrogen (secondary N) is 1. The lowest BCUT2D eigenvalue weighted by Gasteiger charge is -2.37. The number of aryl methyl sites for hydroxylation is 2. The summed E-state index contributed by atoms with van der Waals surface area (Å²) in [6, 6.07) is 5.82. The third kappa shape index (κ3) is 5.08. The van der Waals surface area contributed by atoms with Crippen molar-refractivity contribution in [2.45, 2.75) is 39.7 Å². The SMILES string of the molecule is Cc1ccc(NC(=O)[C@H](C)N2CCN(CC(=O)N3CCCC3)CC2)cc1C. The van der Waals surface area contributed by atoms with E-state index < -0.39 is 0 Å². The lowest BCUT2D eigenvalue weighted by atomic mass is 10.1. The molecule has 1 aromatic carbocycles. The lowest BCUT2D eigenvalue weighted by molar-refractivity contribution is -0.132. The first-order valence-electron chi connectivity index (χ1n) is 10.1. The summed E-state index contributed by atoms with van der Waals surface area (Å²) >= 11 is 0. The molecule has 2 aliphatic heterocycles. The second-order valence-corrected chi connectivity index (χ2v) is 7.86. The zero-order valence-corrected chi connectivity index (χ0v) is 16.8. The largest absolute Gasteiger partial charge is 0.342 e. The quantitative estimate of drug-likeness (QED) is 0.857. The third-order valence-corrected chi connectivity index (χ3v) is 5.93. The fraction of sp³-hybridized carbons (Fsp3) is 0.619. The van der Waals surface area contributed by atoms with Crippen LogP contribution in [0.2, 0.25) is 0 Å². The van der Waals surface area contributed by atoms with Gasteiger partial charge in [-0.25, -0.2) is 0 Å². The molecule has 0 bridgehead atoms. The highest BCUT2D eigenvalue weighted by Gasteiger charge is 2.27. The van der Waals surface area contributed by atoms with E-state index in [1.165, 1.54) is 11.1 Å². The van der Waals surface area contributed by atoms with Gasteiger partial charge >= 0.3 is 0 Å². The van der Waals surface area contributed by atoms with Crippen LogP contribution in [0, 0.1) is 13.8 Å². The Balaban J connectivity index is 1.45. The molecule has 148 valence electrons. The van der Waals surface area contributed by atoms with Crippen LogP contribution in [-0.4, -0.2) is 78.4 Å². The van der Waals surface area contributed by atoms with Gasteiger partial charge in [0.25, 0.3) is 0 Å². The molecule has 27 heavy (non-hydrogen) atoms. The van der Waals surface area contributed by atoms with Crippen LogP contribution in [0.15, 0.2) is 18.2 Å². The van der Waals surface area contributed by atoms with Crippen LogP contribution in [0.1, 0.15) is 30.9 Å². The van der Waals surface area contributed by atoms with Crippen LogP contribution < -0.4 is 5.32 Å². The Morgan fingerprint density at radius 1 is 1.00 bits per heavy atom. The highest BCUT2D eigenvalue weighted by molar-refractivity contribution is 5.94. The van der Waals surface area contributed by atoms with Crippen molar-refractivity contribution in [3.8, 4) is 0 Å². The van der Waals surface area contributed by atoms with Gasteiger partial charge in [-0.1, -0.05) is 6.07 Å². The van der Waals surface area contributed by atoms with Crippen molar-refractivity contribution in [1.29, 1.82) is 0 Å². The number of amides is 2. The van der Waals surface area contributed by atoms with Gasteiger partial charge in [-0.15, -0.1) is 0 Å². The molecule has 0 aromatic heterocycles. The van der Waals surface area contributed by atoms with Crippen molar-refractivity contribution in [1.82, 2.24) is 14.7 Å². The average molecular weight is 373 g/mol. The number of rotatable bonds is 5. The molecule has 0 aliphatic carbocycles. The Morgan fingerprint density at radius 2 is 1.67 bits per heavy atom. The van der Waals surface area contributed by atoms with Crippen LogP contribution in [-0.2, 0) is 9.59 Å². The smallest absolute Gasteiger partial charge is 0.241 e. The molecule has 2 aliphatic rings. The monoisotopic (exact) mass is 372 g/mol. The van der Waals surface area contributed by atoms with Crippen LogP contribution in [0.4, 0.5) is 5.69 Å². The molecule has 6 nitrogen and oxygen atoms in total. The normalized spacial score (nSPS) is 19.9. The first-order chi connectivity index (χ1) is 12.9. The summed E-state index contributed by atoms with van der Waals surface area (Å²) < 4.78 is 0. The molecule has 1 aromatic rings. The van der Waals surface area contributed by atoms with Gasteiger partial charge in [0.1, 0.15) is 0 Å². The minimum Gasteiger partial charge on any atom is -0.342 e. The van der Waals surface area contributed by atoms with Gasteiger partial charge in [-0.2, -0.15) is 0 Å². The van der Waals surface area contributed by atoms with E-state index in [-0.39, 0.29) is 17.9 Å². The van der Waals surface area contributed by atoms with Crippen molar-refractivity contribution in [2.24, 2.45) is 0 Å². The molecule has 3 rings (SSSR count). The number of hydrogen-bond acceptors (Lipinski definition) is 4. The fourth-order valence-electron chi connectivity index (χ4n) is 3.80. The summed E-state index contributed by atoms with van der Waals surface area (Å²) in [6.07, 6.45) is 2.26. The minimum absolute atomic E-state index is 0.0276. The standard InChI is InChI=1S/C21H32N4O2/c1-16-6-7-19(14-17(16)2)22-21(27)18(3)24-12-10-23(11-13-24)15-20(26)25-8-4-5-9-25/h6-7,14,18H,4-5,8-13,15H2,1-3H3,(H,22,27)/t18-/m0/s1. The number of hydrogen-bond donors (Lipinski definition) is 1. The second-order valence-electron chi connectivity index (χ2n) is 7.86. The Hall–Kier alpha value is -1.92. The van der Waals surface area contributed by atoms with Crippen LogP contribution in [0.5, 0.6) is 0 Å². The van der Waals surface area contributed by atoms with E-state index in [1.54, 1.807) is 0 Å². The Labute approximate surface area is 162 Å². The molecule has 2 fully saturated rings. The van der Waals surface area contributed by atoms with E-state index in [2.05, 4.69) is 29.0 Å². The number of carbonyl (C=O) groups is 2. The fourth-order valence-corrected chi connectivity index (χ4v) is 3.80. The third-order valence-electron chi connectivity index (χ3n) is 5.93. The molecule has 2 saturated heterocycles. The van der Waals surface area contributed by atoms with E-state index >= 15 is 0 Å². The predicted octanol–water partition coefficient (Wildman–Crippen LogP) is 1.87. The maximum absolute atomic E-state index is 12.6. The summed E-state index contributed by atoms with van der Waals surface area (Å²) in [6.45, 7) is 11.7. The topological polar surface area (TPSA) is 55.9 Å². The second kappa shape index (κ2) is 8.85. The van der Waals surface area contributed by atoms with E-state index in [1.807, 2.05) is 30.0 Å². The zero-order chi connectivity index (χ0) is 19.4. The maximum atomic E-state index is 12.6. The van der Waals surface area contributed by atoms with E-state index in [9.17, 15) is 9.59 Å². The molecule has 0 spiro atoms. The molecule has 0 radical (unpaired) electrons. The minimum atomic E-state index is -0.178. The van der Waals surface area contributed by atoms with Crippen LogP contribution in [0.3, 0.4) is 0 Å². The molecule has 6 heteroatoms. The molecule has 0 saturated carbocycles. The van der Waals surface area contributed by atoms with Crippen molar-refractivity contribution in [2.75, 3.05) is 51.1 Å². The highest BCUT2D eigenvalue weighted by Crippen LogP contribution is 2.16. The van der Waals surface area contributed by atoms with Gasteiger partial charge in [-0.3, -0.25) is 19.4 Å². The lowest BCUT2D eigenvalue weighted by Crippen LogP contribution is -2.54. The number of benzene rings is 1. The molecule has 1 N–H and O–H groups in total. The zero-order valence-electron chi connectivity index (χ0n) is 16.8. The first-order valence-corrected chi connectivity index (χ1v) is 10.1. The van der Waals surface area contributed by atoms with E-state index in [0.717, 1.165) is 57.8 Å². The predicted molar refractivity (Wildman–Crippen MR) is 108 cm³/mol. The van der Waals surface area contributed by atoms with Crippen LogP contribution >= 0.6 is 0 Å². The van der Waals surface area contributed by atoms with Gasteiger partial charge in [0, 0.05) is 45.0 Å². The van der Waals surface area contributed by atoms with Gasteiger partial charge in [-0.05, 0) is 56.9 Å². The molecule has 2 heterocycles. The van der Waals surface area contributed by atoms with Crippen molar-refractivity contribution >= 4 is 17.5 Å². The number of nitrogens with zero attached hydrogens (tertiary/aromatic N) is 3. The van der Waals surface area contributed by atoms with Crippen molar-refractivity contribution in [3.63, 3.8) is 0 Å². The number of carbonyl (C=O) groups excluding carboxylic acids is 2. The number of anilines is 1. The van der Waals surface area contributed by atoms with Gasteiger partial charge in [0.2, 0.25) is 11.8 Å². The van der Waals surface area contributed by atoms with Gasteiger partial charge in [0.15, 0.2) is 0 Å². The van der Waals surface area contributed by atoms with Crippen molar-refractivity contribution < 1.29 is 9.59 Å². The van der Waals surface area contributed by atoms with E-state index in [0.29, 0.717) is 6.54 Å². The summed E-state index contributed by atoms with van der Waals surface area (Å²) in [5, 5.41) is 3.03. The highest BCUT2D eigenvalue weighted by atomic mass is 16.2. The van der Waals surface area contributed by atoms with Crippen LogP contribution in [0.25, 0.3) is 0 Å². The maximum Gasteiger partial charge on any atom is 0.241 e. The van der Waals surface area contributed by atoms with Gasteiger partial charge < -0.3 is 10.2 Å². The molecule has 2 amide bonds. The van der Waals surface area contributed by atoms with Gasteiger partial charge in [0.05, 0.1) is 12.6 Å². The summed E-state index contributed by atoms with van der Waals surface area (Å²) in [5.74, 6) is 0.279. The van der Waals surface area contributed by atoms with Crippen molar-refractivity contribution in [3.05, 3.63) is 29.3 Å². The Kier molecular flexibility index (Phi) is 6.50. The molecule has 1 atom stereocenters. The summed E-state index contributed by atoms with van der Waals surface area (Å²) in [4.78, 5) is 31.3. The molecular formula is C21H32N4O2. The summed E-state index contributed by atoms with van der Waals surface area (Å²) in [7, 11) is 0.